The summed E-state index contributed by atoms with van der Waals surface area (Å²) in [5.41, 5.74) is 0. The predicted octanol–water partition coefficient (Wildman–Crippen LogP) is 11.2. The molecule has 0 radical (unpaired) electrons. The minimum atomic E-state index is -4.33. The number of carbonyl (C=O) groups is 1. The molecule has 1 amide bonds. The van der Waals surface area contributed by atoms with Crippen molar-refractivity contribution in [2.24, 2.45) is 0 Å². The second-order valence-corrected chi connectivity index (χ2v) is 17.2. The molecule has 8 nitrogen and oxygen atoms in total. The van der Waals surface area contributed by atoms with Crippen LogP contribution in [0.3, 0.4) is 0 Å². The molecule has 0 aliphatic rings. The maximum atomic E-state index is 12.8. The monoisotopic (exact) mass is 732 g/mol. The Morgan fingerprint density at radius 1 is 0.660 bits per heavy atom. The Balaban J connectivity index is 4.45. The quantitative estimate of drug-likeness (QED) is 0.0253. The molecule has 0 aliphatic carbocycles. The van der Waals surface area contributed by atoms with Crippen LogP contribution in [-0.4, -0.2) is 73.4 Å². The number of quaternary nitrogens is 1. The zero-order chi connectivity index (χ0) is 37.2. The molecule has 0 aromatic carbocycles. The molecule has 0 rings (SSSR count). The number of rotatable bonds is 38. The van der Waals surface area contributed by atoms with Crippen molar-refractivity contribution in [3.8, 4) is 0 Å². The van der Waals surface area contributed by atoms with Gasteiger partial charge in [-0.2, -0.15) is 0 Å². The van der Waals surface area contributed by atoms with Crippen molar-refractivity contribution in [2.75, 3.05) is 40.9 Å². The van der Waals surface area contributed by atoms with E-state index in [0.717, 1.165) is 32.1 Å². The Morgan fingerprint density at radius 2 is 1.06 bits per heavy atom. The van der Waals surface area contributed by atoms with Crippen molar-refractivity contribution in [3.05, 3.63) is 12.2 Å². The molecule has 0 aromatic rings. The number of hydrogen-bond donors (Lipinski definition) is 3. The van der Waals surface area contributed by atoms with Crippen molar-refractivity contribution in [1.82, 2.24) is 5.32 Å². The van der Waals surface area contributed by atoms with Crippen LogP contribution < -0.4 is 5.32 Å². The molecule has 3 N–H and O–H groups in total. The van der Waals surface area contributed by atoms with Gasteiger partial charge in [-0.1, -0.05) is 180 Å². The minimum Gasteiger partial charge on any atom is -0.387 e. The van der Waals surface area contributed by atoms with Gasteiger partial charge in [-0.15, -0.1) is 0 Å². The highest BCUT2D eigenvalue weighted by Crippen LogP contribution is 2.43. The highest BCUT2D eigenvalue weighted by atomic mass is 31.2. The molecular weight excluding hydrogens is 647 g/mol. The van der Waals surface area contributed by atoms with E-state index in [1.807, 2.05) is 27.2 Å². The average Bonchev–Trinajstić information content (AvgIpc) is 3.06. The summed E-state index contributed by atoms with van der Waals surface area (Å²) in [6, 6.07) is -0.838. The van der Waals surface area contributed by atoms with Gasteiger partial charge in [0.05, 0.1) is 39.9 Å². The third-order valence-corrected chi connectivity index (χ3v) is 10.5. The van der Waals surface area contributed by atoms with Gasteiger partial charge in [0.1, 0.15) is 13.2 Å². The smallest absolute Gasteiger partial charge is 0.387 e. The Hall–Kier alpha value is -0.760. The molecule has 298 valence electrons. The molecule has 0 saturated carbocycles. The Bertz CT molecular complexity index is 834. The maximum Gasteiger partial charge on any atom is 0.472 e. The van der Waals surface area contributed by atoms with Crippen LogP contribution in [0.2, 0.25) is 0 Å². The van der Waals surface area contributed by atoms with Crippen molar-refractivity contribution in [3.63, 3.8) is 0 Å². The molecule has 0 saturated heterocycles. The molecule has 0 aromatic heterocycles. The first-order chi connectivity index (χ1) is 24.0. The topological polar surface area (TPSA) is 105 Å². The fourth-order valence-electron chi connectivity index (χ4n) is 6.10. The van der Waals surface area contributed by atoms with Crippen molar-refractivity contribution in [2.45, 2.75) is 206 Å². The van der Waals surface area contributed by atoms with E-state index in [0.29, 0.717) is 17.4 Å². The number of aliphatic hydroxyl groups excluding tert-OH is 1. The van der Waals surface area contributed by atoms with Crippen LogP contribution in [0.25, 0.3) is 0 Å². The first-order valence-corrected chi connectivity index (χ1v) is 22.6. The van der Waals surface area contributed by atoms with Gasteiger partial charge in [0, 0.05) is 6.42 Å². The van der Waals surface area contributed by atoms with Crippen LogP contribution in [0.4, 0.5) is 0 Å². The number of hydrogen-bond acceptors (Lipinski definition) is 5. The zero-order valence-electron chi connectivity index (χ0n) is 33.7. The van der Waals surface area contributed by atoms with Crippen LogP contribution >= 0.6 is 7.82 Å². The lowest BCUT2D eigenvalue weighted by Crippen LogP contribution is -2.45. The molecule has 0 aliphatic heterocycles. The Labute approximate surface area is 310 Å². The Morgan fingerprint density at radius 3 is 1.48 bits per heavy atom. The number of likely N-dealkylation sites (N-methyl/N-ethyl adjacent to an activating group) is 1. The largest absolute Gasteiger partial charge is 0.472 e. The normalized spacial score (nSPS) is 14.6. The summed E-state index contributed by atoms with van der Waals surface area (Å²) in [5, 5.41) is 13.8. The second-order valence-electron chi connectivity index (χ2n) is 15.7. The SMILES string of the molecule is CCCCCCCCCCCCCCCC/C=C/C(O)C(COP(=O)(O)OCC[N+](C)(C)C)NC(=O)CCCCCCCCCCCCCC. The average molecular weight is 732 g/mol. The number of carbonyl (C=O) groups excluding carboxylic acids is 1. The van der Waals surface area contributed by atoms with Gasteiger partial charge in [-0.05, 0) is 19.3 Å². The molecule has 0 fully saturated rings. The number of unbranched alkanes of at least 4 members (excludes halogenated alkanes) is 25. The molecule has 0 spiro atoms. The van der Waals surface area contributed by atoms with E-state index < -0.39 is 20.0 Å². The number of aliphatic hydroxyl groups is 1. The van der Waals surface area contributed by atoms with Crippen molar-refractivity contribution in [1.29, 1.82) is 0 Å². The van der Waals surface area contributed by atoms with Gasteiger partial charge in [0.25, 0.3) is 0 Å². The van der Waals surface area contributed by atoms with Crippen LogP contribution in [-0.2, 0) is 18.4 Å². The van der Waals surface area contributed by atoms with Gasteiger partial charge >= 0.3 is 7.82 Å². The predicted molar refractivity (Wildman–Crippen MR) is 212 cm³/mol. The summed E-state index contributed by atoms with van der Waals surface area (Å²) in [6.07, 6.45) is 37.0. The molecule has 50 heavy (non-hydrogen) atoms. The third kappa shape index (κ3) is 35.6. The first kappa shape index (κ1) is 49.2. The molecule has 0 bridgehead atoms. The summed E-state index contributed by atoms with van der Waals surface area (Å²) in [5.74, 6) is -0.177. The summed E-state index contributed by atoms with van der Waals surface area (Å²) in [6.45, 7) is 4.81. The number of phosphoric acid groups is 1. The third-order valence-electron chi connectivity index (χ3n) is 9.51. The van der Waals surface area contributed by atoms with E-state index in [1.54, 1.807) is 6.08 Å². The lowest BCUT2D eigenvalue weighted by molar-refractivity contribution is -0.870. The number of nitrogens with one attached hydrogen (secondary N) is 1. The molecule has 3 unspecified atom stereocenters. The van der Waals surface area contributed by atoms with Crippen LogP contribution in [0.1, 0.15) is 194 Å². The van der Waals surface area contributed by atoms with E-state index in [2.05, 4.69) is 19.2 Å². The van der Waals surface area contributed by atoms with Crippen molar-refractivity contribution < 1.29 is 32.9 Å². The molecular formula is C41H84N2O6P+. The summed E-state index contributed by atoms with van der Waals surface area (Å²) >= 11 is 0. The van der Waals surface area contributed by atoms with Crippen LogP contribution in [0.5, 0.6) is 0 Å². The summed E-state index contributed by atoms with van der Waals surface area (Å²) in [4.78, 5) is 23.0. The fourth-order valence-corrected chi connectivity index (χ4v) is 6.84. The lowest BCUT2D eigenvalue weighted by Gasteiger charge is -2.25. The number of nitrogens with zero attached hydrogens (tertiary/aromatic N) is 1. The second kappa shape index (κ2) is 34.0. The number of allylic oxidation sites excluding steroid dienone is 1. The van der Waals surface area contributed by atoms with Gasteiger partial charge < -0.3 is 19.8 Å². The number of amides is 1. The van der Waals surface area contributed by atoms with Gasteiger partial charge in [-0.25, -0.2) is 4.57 Å². The fraction of sp³-hybridized carbons (Fsp3) is 0.927. The van der Waals surface area contributed by atoms with Crippen molar-refractivity contribution >= 4 is 13.7 Å². The Kier molecular flexibility index (Phi) is 33.5. The number of phosphoric ester groups is 1. The van der Waals surface area contributed by atoms with E-state index in [9.17, 15) is 19.4 Å². The van der Waals surface area contributed by atoms with Crippen LogP contribution in [0, 0.1) is 0 Å². The summed E-state index contributed by atoms with van der Waals surface area (Å²) < 4.78 is 23.5. The van der Waals surface area contributed by atoms with Gasteiger partial charge in [-0.3, -0.25) is 13.8 Å². The molecule has 0 heterocycles. The van der Waals surface area contributed by atoms with E-state index >= 15 is 0 Å². The first-order valence-electron chi connectivity index (χ1n) is 21.1. The van der Waals surface area contributed by atoms with Gasteiger partial charge in [0.15, 0.2) is 0 Å². The maximum absolute atomic E-state index is 12.8. The molecule has 3 atom stereocenters. The highest BCUT2D eigenvalue weighted by molar-refractivity contribution is 7.47. The van der Waals surface area contributed by atoms with E-state index in [4.69, 9.17) is 9.05 Å². The lowest BCUT2D eigenvalue weighted by atomic mass is 10.0. The van der Waals surface area contributed by atoms with E-state index in [1.165, 1.54) is 141 Å². The van der Waals surface area contributed by atoms with Crippen LogP contribution in [0.15, 0.2) is 12.2 Å². The standard InChI is InChI=1S/C41H83N2O6P/c1-6-8-10-12-14-16-18-20-21-22-23-24-26-28-30-32-34-40(44)39(38-49-50(46,47)48-37-36-43(3,4)5)42-41(45)35-33-31-29-27-25-19-17-15-13-11-9-7-2/h32,34,39-40,44H,6-31,33,35-38H2,1-5H3,(H-,42,45,46,47)/p+1/b34-32+. The van der Waals surface area contributed by atoms with E-state index in [-0.39, 0.29) is 19.1 Å². The highest BCUT2D eigenvalue weighted by Gasteiger charge is 2.27. The van der Waals surface area contributed by atoms with Gasteiger partial charge in [0.2, 0.25) is 5.91 Å². The summed E-state index contributed by atoms with van der Waals surface area (Å²) in [7, 11) is 1.58. The molecule has 9 heteroatoms. The zero-order valence-corrected chi connectivity index (χ0v) is 34.5. The minimum absolute atomic E-state index is 0.0644.